The average molecular weight is 250 g/mol. The molecular weight excluding hydrogens is 232 g/mol. The molecule has 18 heavy (non-hydrogen) atoms. The van der Waals surface area contributed by atoms with E-state index in [2.05, 4.69) is 5.32 Å². The SMILES string of the molecule is CC(C(=O)NCc1ccco1)N1CCC(=O)CC1. The first-order valence-electron chi connectivity index (χ1n) is 6.22. The molecule has 1 N–H and O–H groups in total. The molecule has 1 aromatic rings. The molecule has 2 heterocycles. The molecule has 0 spiro atoms. The molecular formula is C13H18N2O3. The summed E-state index contributed by atoms with van der Waals surface area (Å²) in [5.74, 6) is 1.000. The van der Waals surface area contributed by atoms with Gasteiger partial charge in [-0.25, -0.2) is 0 Å². The van der Waals surface area contributed by atoms with E-state index in [1.54, 1.807) is 12.3 Å². The summed E-state index contributed by atoms with van der Waals surface area (Å²) in [6.45, 7) is 3.62. The van der Waals surface area contributed by atoms with Crippen LogP contribution in [-0.2, 0) is 16.1 Å². The van der Waals surface area contributed by atoms with Crippen LogP contribution in [0.25, 0.3) is 0 Å². The molecule has 1 amide bonds. The maximum Gasteiger partial charge on any atom is 0.237 e. The van der Waals surface area contributed by atoms with Crippen LogP contribution >= 0.6 is 0 Å². The lowest BCUT2D eigenvalue weighted by atomic mass is 10.1. The quantitative estimate of drug-likeness (QED) is 0.864. The van der Waals surface area contributed by atoms with Crippen molar-refractivity contribution in [3.8, 4) is 0 Å². The number of rotatable bonds is 4. The van der Waals surface area contributed by atoms with E-state index in [0.29, 0.717) is 32.5 Å². The highest BCUT2D eigenvalue weighted by molar-refractivity contribution is 5.82. The molecule has 1 atom stereocenters. The van der Waals surface area contributed by atoms with Gasteiger partial charge in [0.05, 0.1) is 18.8 Å². The molecule has 0 aromatic carbocycles. The van der Waals surface area contributed by atoms with Gasteiger partial charge in [0.1, 0.15) is 11.5 Å². The highest BCUT2D eigenvalue weighted by Crippen LogP contribution is 2.10. The first-order valence-corrected chi connectivity index (χ1v) is 6.22. The Hall–Kier alpha value is -1.62. The van der Waals surface area contributed by atoms with Crippen molar-refractivity contribution < 1.29 is 14.0 Å². The number of amides is 1. The van der Waals surface area contributed by atoms with Crippen LogP contribution in [0.15, 0.2) is 22.8 Å². The molecule has 1 fully saturated rings. The highest BCUT2D eigenvalue weighted by Gasteiger charge is 2.25. The van der Waals surface area contributed by atoms with Crippen LogP contribution < -0.4 is 5.32 Å². The van der Waals surface area contributed by atoms with E-state index < -0.39 is 0 Å². The van der Waals surface area contributed by atoms with Crippen molar-refractivity contribution in [3.05, 3.63) is 24.2 Å². The number of furan rings is 1. The number of hydrogen-bond acceptors (Lipinski definition) is 4. The molecule has 98 valence electrons. The number of hydrogen-bond donors (Lipinski definition) is 1. The molecule has 5 nitrogen and oxygen atoms in total. The van der Waals surface area contributed by atoms with Gasteiger partial charge in [-0.3, -0.25) is 14.5 Å². The molecule has 1 aliphatic rings. The molecule has 0 aliphatic carbocycles. The van der Waals surface area contributed by atoms with Crippen LogP contribution in [-0.4, -0.2) is 35.7 Å². The van der Waals surface area contributed by atoms with E-state index in [-0.39, 0.29) is 17.7 Å². The molecule has 1 unspecified atom stereocenters. The van der Waals surface area contributed by atoms with Gasteiger partial charge in [-0.15, -0.1) is 0 Å². The normalized spacial score (nSPS) is 18.6. The zero-order valence-electron chi connectivity index (χ0n) is 10.5. The van der Waals surface area contributed by atoms with Crippen LogP contribution in [0, 0.1) is 0 Å². The highest BCUT2D eigenvalue weighted by atomic mass is 16.3. The summed E-state index contributed by atoms with van der Waals surface area (Å²) in [6, 6.07) is 3.42. The van der Waals surface area contributed by atoms with Crippen molar-refractivity contribution in [2.45, 2.75) is 32.4 Å². The van der Waals surface area contributed by atoms with Crippen molar-refractivity contribution in [1.29, 1.82) is 0 Å². The number of nitrogens with one attached hydrogen (secondary N) is 1. The predicted octanol–water partition coefficient (Wildman–Crippen LogP) is 0.949. The summed E-state index contributed by atoms with van der Waals surface area (Å²) in [5, 5.41) is 2.83. The zero-order chi connectivity index (χ0) is 13.0. The van der Waals surface area contributed by atoms with E-state index in [4.69, 9.17) is 4.42 Å². The van der Waals surface area contributed by atoms with E-state index in [1.165, 1.54) is 0 Å². The molecule has 1 aromatic heterocycles. The third-order valence-electron chi connectivity index (χ3n) is 3.30. The largest absolute Gasteiger partial charge is 0.467 e. The summed E-state index contributed by atoms with van der Waals surface area (Å²) in [5.41, 5.74) is 0. The van der Waals surface area contributed by atoms with Gasteiger partial charge < -0.3 is 9.73 Å². The Kier molecular flexibility index (Phi) is 4.15. The van der Waals surface area contributed by atoms with Crippen LogP contribution in [0.5, 0.6) is 0 Å². The second-order valence-corrected chi connectivity index (χ2v) is 4.55. The molecule has 0 saturated carbocycles. The van der Waals surface area contributed by atoms with Gasteiger partial charge in [0, 0.05) is 25.9 Å². The van der Waals surface area contributed by atoms with Crippen molar-refractivity contribution >= 4 is 11.7 Å². The summed E-state index contributed by atoms with van der Waals surface area (Å²) in [7, 11) is 0. The Morgan fingerprint density at radius 2 is 2.22 bits per heavy atom. The van der Waals surface area contributed by atoms with E-state index in [1.807, 2.05) is 17.9 Å². The lowest BCUT2D eigenvalue weighted by Crippen LogP contribution is -2.48. The van der Waals surface area contributed by atoms with Gasteiger partial charge in [-0.05, 0) is 19.1 Å². The first-order chi connectivity index (χ1) is 8.66. The Balaban J connectivity index is 1.79. The Morgan fingerprint density at radius 3 is 2.83 bits per heavy atom. The summed E-state index contributed by atoms with van der Waals surface area (Å²) < 4.78 is 5.15. The number of carbonyl (C=O) groups excluding carboxylic acids is 2. The Morgan fingerprint density at radius 1 is 1.50 bits per heavy atom. The van der Waals surface area contributed by atoms with Crippen LogP contribution in [0.2, 0.25) is 0 Å². The average Bonchev–Trinajstić information content (AvgIpc) is 2.89. The monoisotopic (exact) mass is 250 g/mol. The minimum absolute atomic E-state index is 0.0271. The standard InChI is InChI=1S/C13H18N2O3/c1-10(15-6-4-11(16)5-7-15)13(17)14-9-12-3-2-8-18-12/h2-3,8,10H,4-7,9H2,1H3,(H,14,17). The molecule has 0 radical (unpaired) electrons. The fraction of sp³-hybridized carbons (Fsp3) is 0.538. The van der Waals surface area contributed by atoms with Gasteiger partial charge in [-0.2, -0.15) is 0 Å². The Bertz CT molecular complexity index is 404. The second-order valence-electron chi connectivity index (χ2n) is 4.55. The molecule has 0 bridgehead atoms. The van der Waals surface area contributed by atoms with Gasteiger partial charge >= 0.3 is 0 Å². The van der Waals surface area contributed by atoms with Gasteiger partial charge in [0.2, 0.25) is 5.91 Å². The molecule has 5 heteroatoms. The smallest absolute Gasteiger partial charge is 0.237 e. The van der Waals surface area contributed by atoms with Crippen molar-refractivity contribution in [1.82, 2.24) is 10.2 Å². The molecule has 2 rings (SSSR count). The lowest BCUT2D eigenvalue weighted by molar-refractivity contribution is -0.129. The maximum absolute atomic E-state index is 11.9. The minimum atomic E-state index is -0.201. The fourth-order valence-corrected chi connectivity index (χ4v) is 2.06. The second kappa shape index (κ2) is 5.82. The minimum Gasteiger partial charge on any atom is -0.467 e. The van der Waals surface area contributed by atoms with Gasteiger partial charge in [0.25, 0.3) is 0 Å². The van der Waals surface area contributed by atoms with Crippen molar-refractivity contribution in [2.24, 2.45) is 0 Å². The van der Waals surface area contributed by atoms with Crippen LogP contribution in [0.4, 0.5) is 0 Å². The van der Waals surface area contributed by atoms with Gasteiger partial charge in [0.15, 0.2) is 0 Å². The summed E-state index contributed by atoms with van der Waals surface area (Å²) in [4.78, 5) is 25.1. The van der Waals surface area contributed by atoms with Gasteiger partial charge in [-0.1, -0.05) is 0 Å². The van der Waals surface area contributed by atoms with Crippen molar-refractivity contribution in [3.63, 3.8) is 0 Å². The van der Waals surface area contributed by atoms with Crippen LogP contribution in [0.3, 0.4) is 0 Å². The fourth-order valence-electron chi connectivity index (χ4n) is 2.06. The number of ketones is 1. The van der Waals surface area contributed by atoms with E-state index >= 15 is 0 Å². The predicted molar refractivity (Wildman–Crippen MR) is 65.8 cm³/mol. The summed E-state index contributed by atoms with van der Waals surface area (Å²) in [6.07, 6.45) is 2.69. The Labute approximate surface area is 106 Å². The third-order valence-corrected chi connectivity index (χ3v) is 3.30. The van der Waals surface area contributed by atoms with E-state index in [0.717, 1.165) is 5.76 Å². The topological polar surface area (TPSA) is 62.6 Å². The van der Waals surface area contributed by atoms with Crippen LogP contribution in [0.1, 0.15) is 25.5 Å². The molecule has 1 aliphatic heterocycles. The number of likely N-dealkylation sites (tertiary alicyclic amines) is 1. The summed E-state index contributed by atoms with van der Waals surface area (Å²) >= 11 is 0. The zero-order valence-corrected chi connectivity index (χ0v) is 10.5. The number of piperidine rings is 1. The molecule has 1 saturated heterocycles. The first kappa shape index (κ1) is 12.8. The number of nitrogens with zero attached hydrogens (tertiary/aromatic N) is 1. The number of Topliss-reactive ketones (excluding diaryl/α,β-unsaturated/α-hetero) is 1. The number of carbonyl (C=O) groups is 2. The third kappa shape index (κ3) is 3.20. The maximum atomic E-state index is 11.9. The van der Waals surface area contributed by atoms with Crippen molar-refractivity contribution in [2.75, 3.05) is 13.1 Å². The lowest BCUT2D eigenvalue weighted by Gasteiger charge is -2.30. The van der Waals surface area contributed by atoms with E-state index in [9.17, 15) is 9.59 Å².